The van der Waals surface area contributed by atoms with Gasteiger partial charge in [-0.15, -0.1) is 0 Å². The summed E-state index contributed by atoms with van der Waals surface area (Å²) in [7, 11) is 0. The molecule has 0 radical (unpaired) electrons. The van der Waals surface area contributed by atoms with Crippen LogP contribution in [0, 0.1) is 0 Å². The summed E-state index contributed by atoms with van der Waals surface area (Å²) in [4.78, 5) is 15.8. The Morgan fingerprint density at radius 1 is 1.50 bits per heavy atom. The van der Waals surface area contributed by atoms with Crippen LogP contribution in [0.4, 0.5) is 4.79 Å². The fraction of sp³-hybridized carbons (Fsp3) is 0.417. The molecule has 2 aromatic rings. The van der Waals surface area contributed by atoms with Gasteiger partial charge in [-0.1, -0.05) is 0 Å². The lowest BCUT2D eigenvalue weighted by Crippen LogP contribution is -2.32. The molecular weight excluding hydrogens is 232 g/mol. The van der Waals surface area contributed by atoms with Crippen LogP contribution in [0.15, 0.2) is 24.5 Å². The third kappa shape index (κ3) is 3.19. The van der Waals surface area contributed by atoms with Gasteiger partial charge in [-0.3, -0.25) is 0 Å². The van der Waals surface area contributed by atoms with Gasteiger partial charge in [-0.2, -0.15) is 5.10 Å². The van der Waals surface area contributed by atoms with Crippen LogP contribution in [0.2, 0.25) is 0 Å². The molecule has 2 heterocycles. The van der Waals surface area contributed by atoms with Crippen LogP contribution in [0.1, 0.15) is 26.5 Å². The average Bonchev–Trinajstić information content (AvgIpc) is 2.66. The summed E-state index contributed by atoms with van der Waals surface area (Å²) in [6.07, 6.45) is 3.00. The molecule has 1 N–H and O–H groups in total. The van der Waals surface area contributed by atoms with Crippen molar-refractivity contribution in [3.8, 4) is 0 Å². The molecule has 0 saturated heterocycles. The molecule has 6 nitrogen and oxygen atoms in total. The number of imidazole rings is 1. The van der Waals surface area contributed by atoms with Crippen molar-refractivity contribution in [3.05, 3.63) is 30.2 Å². The second-order valence-corrected chi connectivity index (χ2v) is 4.91. The van der Waals surface area contributed by atoms with Crippen molar-refractivity contribution in [3.63, 3.8) is 0 Å². The molecule has 96 valence electrons. The number of rotatable bonds is 2. The van der Waals surface area contributed by atoms with Crippen LogP contribution in [-0.4, -0.2) is 26.3 Å². The largest absolute Gasteiger partial charge is 0.444 e. The Hall–Kier alpha value is -2.11. The molecule has 0 atom stereocenters. The summed E-state index contributed by atoms with van der Waals surface area (Å²) >= 11 is 0. The number of hydrogen-bond acceptors (Lipinski definition) is 4. The first-order chi connectivity index (χ1) is 8.44. The first-order valence-electron chi connectivity index (χ1n) is 5.70. The third-order valence-corrected chi connectivity index (χ3v) is 2.10. The molecule has 0 aromatic carbocycles. The van der Waals surface area contributed by atoms with Crippen LogP contribution in [0.25, 0.3) is 5.65 Å². The number of carbonyl (C=O) groups is 1. The minimum Gasteiger partial charge on any atom is -0.444 e. The summed E-state index contributed by atoms with van der Waals surface area (Å²) in [6, 6.07) is 3.66. The van der Waals surface area contributed by atoms with Gasteiger partial charge >= 0.3 is 6.09 Å². The van der Waals surface area contributed by atoms with Gasteiger partial charge in [-0.25, -0.2) is 14.3 Å². The number of ether oxygens (including phenoxy) is 1. The molecule has 0 saturated carbocycles. The first kappa shape index (κ1) is 12.3. The zero-order valence-electron chi connectivity index (χ0n) is 10.7. The number of nitrogens with zero attached hydrogens (tertiary/aromatic N) is 3. The molecule has 0 fully saturated rings. The Morgan fingerprint density at radius 3 is 2.94 bits per heavy atom. The SMILES string of the molecule is CC(C)(C)OC(=O)NCc1cn2ncccc2n1. The second kappa shape index (κ2) is 4.64. The van der Waals surface area contributed by atoms with E-state index in [0.29, 0.717) is 6.54 Å². The summed E-state index contributed by atoms with van der Waals surface area (Å²) in [5.74, 6) is 0. The number of hydrogen-bond donors (Lipinski definition) is 1. The van der Waals surface area contributed by atoms with E-state index < -0.39 is 11.7 Å². The standard InChI is InChI=1S/C12H16N4O2/c1-12(2,3)18-11(17)13-7-9-8-16-10(15-9)5-4-6-14-16/h4-6,8H,7H2,1-3H3,(H,13,17). The molecule has 0 aliphatic rings. The van der Waals surface area contributed by atoms with E-state index in [1.165, 1.54) is 0 Å². The Labute approximate surface area is 105 Å². The van der Waals surface area contributed by atoms with Gasteiger partial charge in [0.1, 0.15) is 5.60 Å². The lowest BCUT2D eigenvalue weighted by Gasteiger charge is -2.19. The zero-order chi connectivity index (χ0) is 13.2. The molecule has 0 aliphatic heterocycles. The Morgan fingerprint density at radius 2 is 2.28 bits per heavy atom. The van der Waals surface area contributed by atoms with E-state index >= 15 is 0 Å². The van der Waals surface area contributed by atoms with Gasteiger partial charge in [0.25, 0.3) is 0 Å². The highest BCUT2D eigenvalue weighted by atomic mass is 16.6. The second-order valence-electron chi connectivity index (χ2n) is 4.91. The Balaban J connectivity index is 1.96. The van der Waals surface area contributed by atoms with E-state index in [1.54, 1.807) is 16.9 Å². The fourth-order valence-corrected chi connectivity index (χ4v) is 1.44. The molecule has 0 aliphatic carbocycles. The van der Waals surface area contributed by atoms with E-state index in [1.807, 2.05) is 32.9 Å². The lowest BCUT2D eigenvalue weighted by atomic mass is 10.2. The summed E-state index contributed by atoms with van der Waals surface area (Å²) < 4.78 is 6.79. The molecular formula is C12H16N4O2. The normalized spacial score (nSPS) is 11.5. The topological polar surface area (TPSA) is 68.5 Å². The van der Waals surface area contributed by atoms with Crippen molar-refractivity contribution >= 4 is 11.7 Å². The highest BCUT2D eigenvalue weighted by molar-refractivity contribution is 5.67. The minimum atomic E-state index is -0.495. The molecule has 0 bridgehead atoms. The average molecular weight is 248 g/mol. The van der Waals surface area contributed by atoms with E-state index in [0.717, 1.165) is 11.3 Å². The predicted molar refractivity (Wildman–Crippen MR) is 66.1 cm³/mol. The molecule has 0 unspecified atom stereocenters. The quantitative estimate of drug-likeness (QED) is 0.879. The van der Waals surface area contributed by atoms with Crippen molar-refractivity contribution < 1.29 is 9.53 Å². The molecule has 2 aromatic heterocycles. The lowest BCUT2D eigenvalue weighted by molar-refractivity contribution is 0.0523. The third-order valence-electron chi connectivity index (χ3n) is 2.10. The Bertz CT molecular complexity index is 523. The van der Waals surface area contributed by atoms with Gasteiger partial charge in [0.15, 0.2) is 5.65 Å². The zero-order valence-corrected chi connectivity index (χ0v) is 10.7. The van der Waals surface area contributed by atoms with E-state index in [2.05, 4.69) is 15.4 Å². The first-order valence-corrected chi connectivity index (χ1v) is 5.70. The number of fused-ring (bicyclic) bond motifs is 1. The maximum absolute atomic E-state index is 11.5. The molecule has 1 amide bonds. The van der Waals surface area contributed by atoms with E-state index in [4.69, 9.17) is 4.74 Å². The van der Waals surface area contributed by atoms with Crippen molar-refractivity contribution in [2.45, 2.75) is 32.9 Å². The smallest absolute Gasteiger partial charge is 0.407 e. The van der Waals surface area contributed by atoms with Crippen molar-refractivity contribution in [2.75, 3.05) is 0 Å². The minimum absolute atomic E-state index is 0.318. The fourth-order valence-electron chi connectivity index (χ4n) is 1.44. The Kier molecular flexibility index (Phi) is 3.18. The van der Waals surface area contributed by atoms with Crippen molar-refractivity contribution in [1.29, 1.82) is 0 Å². The van der Waals surface area contributed by atoms with Crippen molar-refractivity contribution in [2.24, 2.45) is 0 Å². The summed E-state index contributed by atoms with van der Waals surface area (Å²) in [6.45, 7) is 5.78. The molecule has 6 heteroatoms. The van der Waals surface area contributed by atoms with Gasteiger partial charge in [0.2, 0.25) is 0 Å². The summed E-state index contributed by atoms with van der Waals surface area (Å²) in [5, 5.41) is 6.75. The van der Waals surface area contributed by atoms with E-state index in [-0.39, 0.29) is 0 Å². The number of nitrogens with one attached hydrogen (secondary N) is 1. The maximum atomic E-state index is 11.5. The van der Waals surface area contributed by atoms with Gasteiger partial charge in [-0.05, 0) is 32.9 Å². The van der Waals surface area contributed by atoms with Gasteiger partial charge in [0, 0.05) is 6.20 Å². The van der Waals surface area contributed by atoms with E-state index in [9.17, 15) is 4.79 Å². The maximum Gasteiger partial charge on any atom is 0.407 e. The number of aromatic nitrogens is 3. The molecule has 2 rings (SSSR count). The number of carbonyl (C=O) groups excluding carboxylic acids is 1. The van der Waals surface area contributed by atoms with Crippen LogP contribution < -0.4 is 5.32 Å². The highest BCUT2D eigenvalue weighted by Crippen LogP contribution is 2.07. The van der Waals surface area contributed by atoms with Crippen LogP contribution in [0.5, 0.6) is 0 Å². The molecule has 18 heavy (non-hydrogen) atoms. The number of amides is 1. The number of alkyl carbamates (subject to hydrolysis) is 1. The molecule has 0 spiro atoms. The van der Waals surface area contributed by atoms with Crippen LogP contribution >= 0.6 is 0 Å². The van der Waals surface area contributed by atoms with Crippen LogP contribution in [-0.2, 0) is 11.3 Å². The van der Waals surface area contributed by atoms with Gasteiger partial charge in [0.05, 0.1) is 18.4 Å². The van der Waals surface area contributed by atoms with Crippen molar-refractivity contribution in [1.82, 2.24) is 19.9 Å². The monoisotopic (exact) mass is 248 g/mol. The van der Waals surface area contributed by atoms with Gasteiger partial charge < -0.3 is 10.1 Å². The summed E-state index contributed by atoms with van der Waals surface area (Å²) in [5.41, 5.74) is 0.989. The predicted octanol–water partition coefficient (Wildman–Crippen LogP) is 1.75. The highest BCUT2D eigenvalue weighted by Gasteiger charge is 2.16. The van der Waals surface area contributed by atoms with Crippen LogP contribution in [0.3, 0.4) is 0 Å².